The lowest BCUT2D eigenvalue weighted by atomic mass is 10.1. The zero-order valence-electron chi connectivity index (χ0n) is 12.3. The summed E-state index contributed by atoms with van der Waals surface area (Å²) in [5, 5.41) is 12.4. The molecular weight excluding hydrogens is 246 g/mol. The van der Waals surface area contributed by atoms with Crippen LogP contribution >= 0.6 is 0 Å². The van der Waals surface area contributed by atoms with Gasteiger partial charge in [0.05, 0.1) is 26.4 Å². The molecule has 1 atom stereocenters. The molecule has 0 spiro atoms. The average Bonchev–Trinajstić information content (AvgIpc) is 2.41. The molecule has 19 heavy (non-hydrogen) atoms. The molecule has 0 aromatic rings. The van der Waals surface area contributed by atoms with Crippen LogP contribution in [0.4, 0.5) is 0 Å². The number of rotatable bonds is 13. The zero-order chi connectivity index (χ0) is 14.3. The van der Waals surface area contributed by atoms with Crippen LogP contribution in [0.3, 0.4) is 0 Å². The maximum Gasteiger partial charge on any atom is 0.319 e. The molecule has 0 rings (SSSR count). The Kier molecular flexibility index (Phi) is 13.3. The van der Waals surface area contributed by atoms with Crippen molar-refractivity contribution in [1.82, 2.24) is 5.32 Å². The molecule has 0 radical (unpaired) electrons. The van der Waals surface area contributed by atoms with Crippen LogP contribution in [-0.4, -0.2) is 50.6 Å². The van der Waals surface area contributed by atoms with Gasteiger partial charge in [-0.1, -0.05) is 39.0 Å². The number of hydrogen-bond donors (Lipinski definition) is 2. The number of carbonyl (C=O) groups is 1. The molecule has 1 unspecified atom stereocenters. The van der Waals surface area contributed by atoms with E-state index in [-0.39, 0.29) is 12.5 Å². The monoisotopic (exact) mass is 275 g/mol. The van der Waals surface area contributed by atoms with Crippen LogP contribution in [0.2, 0.25) is 0 Å². The fraction of sp³-hybridized carbons (Fsp3) is 0.929. The maximum atomic E-state index is 10.8. The van der Waals surface area contributed by atoms with Crippen LogP contribution in [0.15, 0.2) is 0 Å². The van der Waals surface area contributed by atoms with Crippen LogP contribution in [-0.2, 0) is 14.3 Å². The minimum Gasteiger partial charge on any atom is -0.468 e. The number of aliphatic hydroxyl groups is 1. The molecule has 0 saturated heterocycles. The number of esters is 1. The van der Waals surface area contributed by atoms with Gasteiger partial charge in [-0.2, -0.15) is 0 Å². The highest BCUT2D eigenvalue weighted by Crippen LogP contribution is 2.04. The van der Waals surface area contributed by atoms with E-state index in [2.05, 4.69) is 17.0 Å². The Hall–Kier alpha value is -0.650. The van der Waals surface area contributed by atoms with Crippen molar-refractivity contribution in [3.8, 4) is 0 Å². The Morgan fingerprint density at radius 2 is 1.89 bits per heavy atom. The third kappa shape index (κ3) is 13.6. The van der Waals surface area contributed by atoms with E-state index in [0.717, 1.165) is 6.42 Å². The van der Waals surface area contributed by atoms with Gasteiger partial charge < -0.3 is 19.9 Å². The lowest BCUT2D eigenvalue weighted by Gasteiger charge is -2.11. The van der Waals surface area contributed by atoms with E-state index < -0.39 is 6.10 Å². The molecule has 0 amide bonds. The number of ether oxygens (including phenoxy) is 2. The second-order valence-electron chi connectivity index (χ2n) is 4.70. The van der Waals surface area contributed by atoms with Crippen molar-refractivity contribution in [2.24, 2.45) is 0 Å². The summed E-state index contributed by atoms with van der Waals surface area (Å²) in [7, 11) is 1.34. The van der Waals surface area contributed by atoms with Gasteiger partial charge in [0.2, 0.25) is 0 Å². The van der Waals surface area contributed by atoms with Crippen molar-refractivity contribution in [3.63, 3.8) is 0 Å². The van der Waals surface area contributed by atoms with E-state index in [1.54, 1.807) is 0 Å². The lowest BCUT2D eigenvalue weighted by molar-refractivity contribution is -0.139. The van der Waals surface area contributed by atoms with Gasteiger partial charge in [-0.05, 0) is 6.42 Å². The first-order chi connectivity index (χ1) is 9.20. The Bertz CT molecular complexity index is 212. The molecule has 0 aromatic heterocycles. The standard InChI is InChI=1S/C14H29NO4/c1-3-4-5-6-7-8-9-19-12-13(16)10-15-11-14(17)18-2/h13,15-16H,3-12H2,1-2H3. The number of unbranched alkanes of at least 4 members (excludes halogenated alkanes) is 5. The van der Waals surface area contributed by atoms with Gasteiger partial charge in [0.25, 0.3) is 0 Å². The second kappa shape index (κ2) is 13.8. The van der Waals surface area contributed by atoms with Gasteiger partial charge in [0.1, 0.15) is 0 Å². The number of aliphatic hydroxyl groups excluding tert-OH is 1. The van der Waals surface area contributed by atoms with E-state index in [1.807, 2.05) is 0 Å². The van der Waals surface area contributed by atoms with E-state index in [4.69, 9.17) is 4.74 Å². The molecule has 0 aromatic carbocycles. The van der Waals surface area contributed by atoms with Crippen LogP contribution in [0, 0.1) is 0 Å². The Labute approximate surface area is 116 Å². The van der Waals surface area contributed by atoms with Gasteiger partial charge in [-0.3, -0.25) is 4.79 Å². The fourth-order valence-corrected chi connectivity index (χ4v) is 1.68. The summed E-state index contributed by atoms with van der Waals surface area (Å²) in [6, 6.07) is 0. The van der Waals surface area contributed by atoms with Gasteiger partial charge in [-0.25, -0.2) is 0 Å². The van der Waals surface area contributed by atoms with Gasteiger partial charge >= 0.3 is 5.97 Å². The van der Waals surface area contributed by atoms with Crippen molar-refractivity contribution in [2.45, 2.75) is 51.6 Å². The molecule has 5 heteroatoms. The van der Waals surface area contributed by atoms with Crippen molar-refractivity contribution in [1.29, 1.82) is 0 Å². The molecule has 114 valence electrons. The number of nitrogens with one attached hydrogen (secondary N) is 1. The van der Waals surface area contributed by atoms with Crippen LogP contribution in [0.5, 0.6) is 0 Å². The summed E-state index contributed by atoms with van der Waals surface area (Å²) in [6.45, 7) is 3.67. The fourth-order valence-electron chi connectivity index (χ4n) is 1.68. The Morgan fingerprint density at radius 1 is 1.21 bits per heavy atom. The van der Waals surface area contributed by atoms with E-state index in [1.165, 1.54) is 39.2 Å². The zero-order valence-corrected chi connectivity index (χ0v) is 12.3. The highest BCUT2D eigenvalue weighted by molar-refractivity contribution is 5.71. The maximum absolute atomic E-state index is 10.8. The summed E-state index contributed by atoms with van der Waals surface area (Å²) in [5.74, 6) is -0.333. The molecule has 0 aliphatic rings. The van der Waals surface area contributed by atoms with E-state index in [9.17, 15) is 9.90 Å². The first-order valence-corrected chi connectivity index (χ1v) is 7.24. The molecule has 0 saturated carbocycles. The molecule has 5 nitrogen and oxygen atoms in total. The predicted molar refractivity (Wildman–Crippen MR) is 75.1 cm³/mol. The average molecular weight is 275 g/mol. The molecule has 2 N–H and O–H groups in total. The third-order valence-electron chi connectivity index (χ3n) is 2.83. The largest absolute Gasteiger partial charge is 0.468 e. The molecule has 0 fully saturated rings. The molecule has 0 heterocycles. The number of methoxy groups -OCH3 is 1. The number of carbonyl (C=O) groups excluding carboxylic acids is 1. The lowest BCUT2D eigenvalue weighted by Crippen LogP contribution is -2.34. The highest BCUT2D eigenvalue weighted by Gasteiger charge is 2.05. The Balaban J connectivity index is 3.20. The summed E-state index contributed by atoms with van der Waals surface area (Å²) in [6.07, 6.45) is 6.80. The normalized spacial score (nSPS) is 12.4. The highest BCUT2D eigenvalue weighted by atomic mass is 16.5. The van der Waals surface area contributed by atoms with Gasteiger partial charge in [-0.15, -0.1) is 0 Å². The molecule has 0 aliphatic carbocycles. The SMILES string of the molecule is CCCCCCCCOCC(O)CNCC(=O)OC. The number of hydrogen-bond acceptors (Lipinski definition) is 5. The summed E-state index contributed by atoms with van der Waals surface area (Å²) < 4.78 is 9.85. The van der Waals surface area contributed by atoms with Crippen molar-refractivity contribution in [3.05, 3.63) is 0 Å². The summed E-state index contributed by atoms with van der Waals surface area (Å²) in [5.41, 5.74) is 0. The summed E-state index contributed by atoms with van der Waals surface area (Å²) in [4.78, 5) is 10.8. The van der Waals surface area contributed by atoms with E-state index in [0.29, 0.717) is 19.8 Å². The minimum absolute atomic E-state index is 0.116. The van der Waals surface area contributed by atoms with Gasteiger partial charge in [0.15, 0.2) is 0 Å². The van der Waals surface area contributed by atoms with Crippen molar-refractivity contribution < 1.29 is 19.4 Å². The van der Waals surface area contributed by atoms with Gasteiger partial charge in [0, 0.05) is 13.2 Å². The molecular formula is C14H29NO4. The predicted octanol–water partition coefficient (Wildman–Crippen LogP) is 1.49. The first-order valence-electron chi connectivity index (χ1n) is 7.24. The second-order valence-corrected chi connectivity index (χ2v) is 4.70. The van der Waals surface area contributed by atoms with Crippen LogP contribution in [0.1, 0.15) is 45.4 Å². The minimum atomic E-state index is -0.579. The topological polar surface area (TPSA) is 67.8 Å². The third-order valence-corrected chi connectivity index (χ3v) is 2.83. The molecule has 0 aliphatic heterocycles. The smallest absolute Gasteiger partial charge is 0.319 e. The van der Waals surface area contributed by atoms with Crippen LogP contribution < -0.4 is 5.32 Å². The van der Waals surface area contributed by atoms with Crippen molar-refractivity contribution in [2.75, 3.05) is 33.4 Å². The van der Waals surface area contributed by atoms with Crippen molar-refractivity contribution >= 4 is 5.97 Å². The first kappa shape index (κ1) is 18.4. The Morgan fingerprint density at radius 3 is 2.58 bits per heavy atom. The molecule has 0 bridgehead atoms. The van der Waals surface area contributed by atoms with Crippen LogP contribution in [0.25, 0.3) is 0 Å². The van der Waals surface area contributed by atoms with E-state index >= 15 is 0 Å². The quantitative estimate of drug-likeness (QED) is 0.394. The summed E-state index contributed by atoms with van der Waals surface area (Å²) >= 11 is 0.